The van der Waals surface area contributed by atoms with Gasteiger partial charge >= 0.3 is 0 Å². The molecule has 140 valence electrons. The van der Waals surface area contributed by atoms with Gasteiger partial charge in [0.05, 0.1) is 0 Å². The van der Waals surface area contributed by atoms with E-state index in [0.717, 1.165) is 16.7 Å². The predicted molar refractivity (Wildman–Crippen MR) is 103 cm³/mol. The van der Waals surface area contributed by atoms with Crippen LogP contribution < -0.4 is 20.1 Å². The molecule has 0 aromatic heterocycles. The van der Waals surface area contributed by atoms with E-state index in [1.165, 1.54) is 0 Å². The van der Waals surface area contributed by atoms with Crippen molar-refractivity contribution in [1.82, 2.24) is 0 Å². The Labute approximate surface area is 161 Å². The standard InChI is InChI=1S/C20H19ClN2O4/c1-3-19(24)22-15-8-16-13(4-10(15)2)11(6-20(25)23-16)12-5-17-18(7-14(12)21)27-9-26-17/h4-5,7-8,11H,3,6,9H2,1-2H3,(H,22,24)(H,23,25)/t11-/m0/s1. The van der Waals surface area contributed by atoms with Crippen molar-refractivity contribution in [2.45, 2.75) is 32.6 Å². The highest BCUT2D eigenvalue weighted by Crippen LogP contribution is 2.46. The molecule has 4 rings (SSSR count). The molecule has 27 heavy (non-hydrogen) atoms. The van der Waals surface area contributed by atoms with Gasteiger partial charge in [0.1, 0.15) is 0 Å². The highest BCUT2D eigenvalue weighted by molar-refractivity contribution is 6.31. The fourth-order valence-electron chi connectivity index (χ4n) is 3.47. The first-order valence-corrected chi connectivity index (χ1v) is 9.17. The van der Waals surface area contributed by atoms with Crippen LogP contribution in [0.25, 0.3) is 0 Å². The summed E-state index contributed by atoms with van der Waals surface area (Å²) in [4.78, 5) is 24.1. The second kappa shape index (κ2) is 6.78. The Bertz CT molecular complexity index is 957. The molecule has 2 aromatic carbocycles. The molecule has 2 amide bonds. The van der Waals surface area contributed by atoms with E-state index < -0.39 is 0 Å². The lowest BCUT2D eigenvalue weighted by molar-refractivity contribution is -0.117. The molecular weight excluding hydrogens is 368 g/mol. The minimum atomic E-state index is -0.203. The van der Waals surface area contributed by atoms with Crippen LogP contribution in [0.2, 0.25) is 5.02 Å². The van der Waals surface area contributed by atoms with Gasteiger partial charge in [-0.1, -0.05) is 24.6 Å². The predicted octanol–water partition coefficient (Wildman–Crippen LogP) is 4.20. The van der Waals surface area contributed by atoms with Gasteiger partial charge in [-0.05, 0) is 35.7 Å². The van der Waals surface area contributed by atoms with E-state index in [1.54, 1.807) is 13.0 Å². The first kappa shape index (κ1) is 17.7. The number of ether oxygens (including phenoxy) is 2. The Morgan fingerprint density at radius 3 is 2.70 bits per heavy atom. The topological polar surface area (TPSA) is 76.7 Å². The fourth-order valence-corrected chi connectivity index (χ4v) is 3.76. The number of carbonyl (C=O) groups is 2. The van der Waals surface area contributed by atoms with E-state index >= 15 is 0 Å². The van der Waals surface area contributed by atoms with Gasteiger partial charge in [-0.2, -0.15) is 0 Å². The number of halogens is 1. The first-order valence-electron chi connectivity index (χ1n) is 8.79. The molecule has 0 unspecified atom stereocenters. The Morgan fingerprint density at radius 1 is 1.22 bits per heavy atom. The summed E-state index contributed by atoms with van der Waals surface area (Å²) in [6, 6.07) is 7.38. The van der Waals surface area contributed by atoms with Gasteiger partial charge in [0, 0.05) is 41.2 Å². The lowest BCUT2D eigenvalue weighted by Gasteiger charge is -2.28. The van der Waals surface area contributed by atoms with Crippen LogP contribution in [0.15, 0.2) is 24.3 Å². The molecular formula is C20H19ClN2O4. The summed E-state index contributed by atoms with van der Waals surface area (Å²) in [7, 11) is 0. The smallest absolute Gasteiger partial charge is 0.231 e. The molecule has 0 saturated carbocycles. The summed E-state index contributed by atoms with van der Waals surface area (Å²) in [6.45, 7) is 3.89. The van der Waals surface area contributed by atoms with E-state index in [1.807, 2.05) is 25.1 Å². The van der Waals surface area contributed by atoms with Crippen molar-refractivity contribution in [3.63, 3.8) is 0 Å². The quantitative estimate of drug-likeness (QED) is 0.828. The highest BCUT2D eigenvalue weighted by Gasteiger charge is 2.30. The van der Waals surface area contributed by atoms with Gasteiger partial charge in [-0.15, -0.1) is 0 Å². The number of aryl methyl sites for hydroxylation is 1. The van der Waals surface area contributed by atoms with Crippen molar-refractivity contribution in [3.05, 3.63) is 46.0 Å². The lowest BCUT2D eigenvalue weighted by atomic mass is 9.83. The Hall–Kier alpha value is -2.73. The lowest BCUT2D eigenvalue weighted by Crippen LogP contribution is -2.24. The minimum Gasteiger partial charge on any atom is -0.454 e. The van der Waals surface area contributed by atoms with Crippen LogP contribution in [0.1, 0.15) is 42.4 Å². The normalized spacial score (nSPS) is 17.3. The van der Waals surface area contributed by atoms with Gasteiger partial charge < -0.3 is 20.1 Å². The molecule has 0 spiro atoms. The molecule has 0 fully saturated rings. The molecule has 2 aliphatic rings. The van der Waals surface area contributed by atoms with Crippen LogP contribution in [-0.4, -0.2) is 18.6 Å². The van der Waals surface area contributed by atoms with Gasteiger partial charge in [0.15, 0.2) is 11.5 Å². The van der Waals surface area contributed by atoms with Crippen LogP contribution in [0.5, 0.6) is 11.5 Å². The van der Waals surface area contributed by atoms with Crippen molar-refractivity contribution in [1.29, 1.82) is 0 Å². The van der Waals surface area contributed by atoms with Gasteiger partial charge in [-0.3, -0.25) is 9.59 Å². The largest absolute Gasteiger partial charge is 0.454 e. The number of carbonyl (C=O) groups excluding carboxylic acids is 2. The van der Waals surface area contributed by atoms with Crippen LogP contribution in [0.4, 0.5) is 11.4 Å². The maximum absolute atomic E-state index is 12.3. The van der Waals surface area contributed by atoms with E-state index in [4.69, 9.17) is 21.1 Å². The maximum atomic E-state index is 12.3. The SMILES string of the molecule is CCC(=O)Nc1cc2c(cc1C)[C@H](c1cc3c(cc1Cl)OCO3)CC(=O)N2. The third kappa shape index (κ3) is 3.21. The van der Waals surface area contributed by atoms with Gasteiger partial charge in [0.2, 0.25) is 18.6 Å². The maximum Gasteiger partial charge on any atom is 0.231 e. The van der Waals surface area contributed by atoms with Crippen LogP contribution in [0.3, 0.4) is 0 Å². The number of amides is 2. The molecule has 7 heteroatoms. The van der Waals surface area contributed by atoms with E-state index in [9.17, 15) is 9.59 Å². The van der Waals surface area contributed by atoms with Gasteiger partial charge in [-0.25, -0.2) is 0 Å². The number of anilines is 2. The average molecular weight is 387 g/mol. The molecule has 0 aliphatic carbocycles. The van der Waals surface area contributed by atoms with Crippen LogP contribution in [0, 0.1) is 6.92 Å². The number of nitrogens with one attached hydrogen (secondary N) is 2. The summed E-state index contributed by atoms with van der Waals surface area (Å²) in [5.41, 5.74) is 4.08. The number of benzene rings is 2. The number of rotatable bonds is 3. The molecule has 0 saturated heterocycles. The number of hydrogen-bond acceptors (Lipinski definition) is 4. The molecule has 1 atom stereocenters. The van der Waals surface area contributed by atoms with Gasteiger partial charge in [0.25, 0.3) is 0 Å². The molecule has 2 aliphatic heterocycles. The fraction of sp³-hybridized carbons (Fsp3) is 0.300. The van der Waals surface area contributed by atoms with Crippen molar-refractivity contribution in [2.24, 2.45) is 0 Å². The van der Waals surface area contributed by atoms with E-state index in [0.29, 0.717) is 34.3 Å². The Morgan fingerprint density at radius 2 is 1.96 bits per heavy atom. The molecule has 2 heterocycles. The second-order valence-corrected chi connectivity index (χ2v) is 7.10. The molecule has 0 bridgehead atoms. The second-order valence-electron chi connectivity index (χ2n) is 6.69. The Kier molecular flexibility index (Phi) is 4.44. The summed E-state index contributed by atoms with van der Waals surface area (Å²) >= 11 is 6.49. The van der Waals surface area contributed by atoms with Crippen molar-refractivity contribution in [3.8, 4) is 11.5 Å². The zero-order valence-electron chi connectivity index (χ0n) is 15.0. The summed E-state index contributed by atoms with van der Waals surface area (Å²) in [5, 5.41) is 6.31. The molecule has 0 radical (unpaired) electrons. The van der Waals surface area contributed by atoms with E-state index in [-0.39, 0.29) is 30.9 Å². The summed E-state index contributed by atoms with van der Waals surface area (Å²) in [5.74, 6) is 0.863. The molecule has 6 nitrogen and oxygen atoms in total. The molecule has 2 aromatic rings. The highest BCUT2D eigenvalue weighted by atomic mass is 35.5. The van der Waals surface area contributed by atoms with E-state index in [2.05, 4.69) is 10.6 Å². The third-order valence-corrected chi connectivity index (χ3v) is 5.23. The first-order chi connectivity index (χ1) is 13.0. The van der Waals surface area contributed by atoms with Crippen LogP contribution >= 0.6 is 11.6 Å². The van der Waals surface area contributed by atoms with Crippen molar-refractivity contribution < 1.29 is 19.1 Å². The van der Waals surface area contributed by atoms with Crippen LogP contribution in [-0.2, 0) is 9.59 Å². The minimum absolute atomic E-state index is 0.0736. The zero-order valence-corrected chi connectivity index (χ0v) is 15.8. The summed E-state index contributed by atoms with van der Waals surface area (Å²) in [6.07, 6.45) is 0.671. The Balaban J connectivity index is 1.78. The van der Waals surface area contributed by atoms with Crippen molar-refractivity contribution in [2.75, 3.05) is 17.4 Å². The summed E-state index contributed by atoms with van der Waals surface area (Å²) < 4.78 is 10.8. The molecule has 2 N–H and O–H groups in total. The number of hydrogen-bond donors (Lipinski definition) is 2. The average Bonchev–Trinajstić information content (AvgIpc) is 3.08. The number of fused-ring (bicyclic) bond motifs is 2. The third-order valence-electron chi connectivity index (χ3n) is 4.90. The van der Waals surface area contributed by atoms with Crippen molar-refractivity contribution >= 4 is 34.8 Å². The zero-order chi connectivity index (χ0) is 19.1. The monoisotopic (exact) mass is 386 g/mol.